The summed E-state index contributed by atoms with van der Waals surface area (Å²) < 4.78 is 31.9. The van der Waals surface area contributed by atoms with Gasteiger partial charge in [0.15, 0.2) is 5.82 Å². The van der Waals surface area contributed by atoms with E-state index in [1.54, 1.807) is 0 Å². The van der Waals surface area contributed by atoms with Crippen LogP contribution in [0.4, 0.5) is 24.2 Å². The van der Waals surface area contributed by atoms with E-state index in [4.69, 9.17) is 9.84 Å². The van der Waals surface area contributed by atoms with Crippen LogP contribution in [0.15, 0.2) is 30.5 Å². The van der Waals surface area contributed by atoms with Crippen molar-refractivity contribution < 1.29 is 28.2 Å². The van der Waals surface area contributed by atoms with Gasteiger partial charge in [-0.2, -0.15) is 0 Å². The molecule has 1 saturated carbocycles. The number of benzene rings is 1. The van der Waals surface area contributed by atoms with Gasteiger partial charge in [-0.1, -0.05) is 19.3 Å². The molecule has 10 heteroatoms. The minimum atomic E-state index is -1.26. The Morgan fingerprint density at radius 2 is 1.86 bits per heavy atom. The van der Waals surface area contributed by atoms with Gasteiger partial charge in [0.1, 0.15) is 18.2 Å². The molecule has 0 spiro atoms. The smallest absolute Gasteiger partial charge is 0.410 e. The highest BCUT2D eigenvalue weighted by Crippen LogP contribution is 2.24. The Hall–Kier alpha value is -3.17. The lowest BCUT2D eigenvalue weighted by Crippen LogP contribution is -2.37. The lowest BCUT2D eigenvalue weighted by atomic mass is 9.94. The van der Waals surface area contributed by atoms with Gasteiger partial charge < -0.3 is 14.7 Å². The van der Waals surface area contributed by atoms with Crippen LogP contribution >= 0.6 is 0 Å². The van der Waals surface area contributed by atoms with E-state index in [0.29, 0.717) is 12.6 Å². The van der Waals surface area contributed by atoms with Crippen LogP contribution in [-0.2, 0) is 4.74 Å². The highest BCUT2D eigenvalue weighted by Gasteiger charge is 2.30. The molecule has 1 aliphatic heterocycles. The summed E-state index contributed by atoms with van der Waals surface area (Å²) in [7, 11) is 0. The molecule has 2 aliphatic rings. The number of carboxylic acid groups (broad SMARTS) is 1. The maximum absolute atomic E-state index is 12.9. The fourth-order valence-electron chi connectivity index (χ4n) is 3.45. The molecule has 0 atom stereocenters. The quantitative estimate of drug-likeness (QED) is 0.800. The first-order valence-corrected chi connectivity index (χ1v) is 9.38. The van der Waals surface area contributed by atoms with Gasteiger partial charge >= 0.3 is 12.2 Å². The summed E-state index contributed by atoms with van der Waals surface area (Å²) in [5.41, 5.74) is 0.168. The van der Waals surface area contributed by atoms with Crippen LogP contribution in [-0.4, -0.2) is 51.2 Å². The first-order chi connectivity index (χ1) is 13.9. The second-order valence-electron chi connectivity index (χ2n) is 6.80. The predicted octanol–water partition coefficient (Wildman–Crippen LogP) is 4.01. The van der Waals surface area contributed by atoms with E-state index in [2.05, 4.69) is 5.10 Å². The van der Waals surface area contributed by atoms with Crippen LogP contribution in [0.3, 0.4) is 0 Å². The number of cyclic esters (lactones) is 1. The zero-order valence-electron chi connectivity index (χ0n) is 15.7. The molecule has 0 radical (unpaired) electrons. The zero-order valence-corrected chi connectivity index (χ0v) is 15.7. The maximum atomic E-state index is 12.9. The Bertz CT molecular complexity index is 847. The molecule has 2 heterocycles. The number of halogens is 2. The first kappa shape index (κ1) is 20.6. The number of amides is 2. The van der Waals surface area contributed by atoms with Gasteiger partial charge in [-0.25, -0.2) is 23.1 Å². The second kappa shape index (κ2) is 9.35. The van der Waals surface area contributed by atoms with Crippen molar-refractivity contribution in [2.45, 2.75) is 38.1 Å². The fourth-order valence-corrected chi connectivity index (χ4v) is 3.45. The lowest BCUT2D eigenvalue weighted by Gasteiger charge is -2.28. The standard InChI is InChI=1S/C10H7F2N3O2.C9H15NO2/c11-6-3-7(12)5-8(4-6)15-2-1-9(14-15)13-10(16)17;11-9-10(6-7-12-9)8-4-2-1-3-5-8/h1-5H,(H,13,14)(H,16,17);8H,1-7H2. The molecule has 2 amide bonds. The topological polar surface area (TPSA) is 96.7 Å². The predicted molar refractivity (Wildman–Crippen MR) is 100 cm³/mol. The third-order valence-electron chi connectivity index (χ3n) is 4.74. The summed E-state index contributed by atoms with van der Waals surface area (Å²) in [6, 6.07) is 4.76. The Morgan fingerprint density at radius 3 is 2.45 bits per heavy atom. The Balaban J connectivity index is 0.000000176. The highest BCUT2D eigenvalue weighted by atomic mass is 19.1. The molecule has 8 nitrogen and oxygen atoms in total. The molecule has 2 aromatic rings. The average molecular weight is 408 g/mol. The molecule has 1 aromatic carbocycles. The number of nitrogens with one attached hydrogen (secondary N) is 1. The van der Waals surface area contributed by atoms with Gasteiger partial charge in [-0.15, -0.1) is 5.10 Å². The molecule has 29 heavy (non-hydrogen) atoms. The monoisotopic (exact) mass is 408 g/mol. The van der Waals surface area contributed by atoms with Crippen molar-refractivity contribution in [3.05, 3.63) is 42.1 Å². The minimum Gasteiger partial charge on any atom is -0.465 e. The molecule has 1 aliphatic carbocycles. The van der Waals surface area contributed by atoms with Crippen LogP contribution in [0.2, 0.25) is 0 Å². The van der Waals surface area contributed by atoms with Crippen molar-refractivity contribution in [1.29, 1.82) is 0 Å². The molecule has 156 valence electrons. The molecule has 0 unspecified atom stereocenters. The number of aromatic nitrogens is 2. The molecular formula is C19H22F2N4O4. The number of carbonyl (C=O) groups is 2. The maximum Gasteiger partial charge on any atom is 0.410 e. The van der Waals surface area contributed by atoms with E-state index in [-0.39, 0.29) is 17.6 Å². The van der Waals surface area contributed by atoms with Gasteiger partial charge in [-0.05, 0) is 25.0 Å². The number of ether oxygens (including phenoxy) is 1. The molecular weight excluding hydrogens is 386 g/mol. The normalized spacial score (nSPS) is 16.8. The van der Waals surface area contributed by atoms with Crippen LogP contribution in [0.25, 0.3) is 5.69 Å². The third kappa shape index (κ3) is 5.66. The SMILES string of the molecule is O=C(O)Nc1ccn(-c2cc(F)cc(F)c2)n1.O=C1OCCN1C1CCCCC1. The average Bonchev–Trinajstić information content (AvgIpc) is 3.31. The van der Waals surface area contributed by atoms with E-state index in [1.807, 2.05) is 10.2 Å². The van der Waals surface area contributed by atoms with Crippen molar-refractivity contribution in [1.82, 2.24) is 14.7 Å². The number of carbonyl (C=O) groups excluding carboxylic acids is 1. The van der Waals surface area contributed by atoms with Crippen molar-refractivity contribution in [3.8, 4) is 5.69 Å². The molecule has 1 aromatic heterocycles. The second-order valence-corrected chi connectivity index (χ2v) is 6.80. The lowest BCUT2D eigenvalue weighted by molar-refractivity contribution is 0.139. The van der Waals surface area contributed by atoms with Gasteiger partial charge in [0.05, 0.1) is 12.2 Å². The van der Waals surface area contributed by atoms with E-state index < -0.39 is 17.7 Å². The molecule has 0 bridgehead atoms. The Labute approximate surface area is 166 Å². The zero-order chi connectivity index (χ0) is 20.8. The summed E-state index contributed by atoms with van der Waals surface area (Å²) in [6.45, 7) is 1.40. The van der Waals surface area contributed by atoms with E-state index >= 15 is 0 Å². The summed E-state index contributed by atoms with van der Waals surface area (Å²) in [4.78, 5) is 23.4. The summed E-state index contributed by atoms with van der Waals surface area (Å²) >= 11 is 0. The third-order valence-corrected chi connectivity index (χ3v) is 4.74. The fraction of sp³-hybridized carbons (Fsp3) is 0.421. The van der Waals surface area contributed by atoms with Crippen molar-refractivity contribution >= 4 is 18.0 Å². The number of rotatable bonds is 3. The van der Waals surface area contributed by atoms with Crippen LogP contribution in [0, 0.1) is 11.6 Å². The molecule has 1 saturated heterocycles. The van der Waals surface area contributed by atoms with Crippen molar-refractivity contribution in [2.75, 3.05) is 18.5 Å². The number of anilines is 1. The van der Waals surface area contributed by atoms with Crippen molar-refractivity contribution in [2.24, 2.45) is 0 Å². The van der Waals surface area contributed by atoms with Crippen LogP contribution < -0.4 is 5.32 Å². The molecule has 2 fully saturated rings. The van der Waals surface area contributed by atoms with Gasteiger partial charge in [0.2, 0.25) is 0 Å². The Morgan fingerprint density at radius 1 is 1.17 bits per heavy atom. The Kier molecular flexibility index (Phi) is 6.63. The van der Waals surface area contributed by atoms with Crippen LogP contribution in [0.1, 0.15) is 32.1 Å². The van der Waals surface area contributed by atoms with Crippen molar-refractivity contribution in [3.63, 3.8) is 0 Å². The van der Waals surface area contributed by atoms with E-state index in [0.717, 1.165) is 29.4 Å². The summed E-state index contributed by atoms with van der Waals surface area (Å²) in [5.74, 6) is -1.39. The van der Waals surface area contributed by atoms with Gasteiger partial charge in [0, 0.05) is 24.4 Å². The molecule has 2 N–H and O–H groups in total. The van der Waals surface area contributed by atoms with Crippen LogP contribution in [0.5, 0.6) is 0 Å². The first-order valence-electron chi connectivity index (χ1n) is 9.38. The van der Waals surface area contributed by atoms with Gasteiger partial charge in [-0.3, -0.25) is 5.32 Å². The van der Waals surface area contributed by atoms with E-state index in [1.165, 1.54) is 44.4 Å². The van der Waals surface area contributed by atoms with E-state index in [9.17, 15) is 18.4 Å². The highest BCUT2D eigenvalue weighted by molar-refractivity contribution is 5.81. The summed E-state index contributed by atoms with van der Waals surface area (Å²) in [6.07, 6.45) is 6.26. The summed E-state index contributed by atoms with van der Waals surface area (Å²) in [5, 5.41) is 14.3. The minimum absolute atomic E-state index is 0.0715. The number of hydrogen-bond donors (Lipinski definition) is 2. The van der Waals surface area contributed by atoms with Gasteiger partial charge in [0.25, 0.3) is 0 Å². The molecule has 4 rings (SSSR count). The number of nitrogens with zero attached hydrogens (tertiary/aromatic N) is 3. The number of hydrogen-bond acceptors (Lipinski definition) is 4. The largest absolute Gasteiger partial charge is 0.465 e.